The third-order valence-corrected chi connectivity index (χ3v) is 5.60. The molecule has 2 aromatic carbocycles. The maximum atomic E-state index is 13.4. The summed E-state index contributed by atoms with van der Waals surface area (Å²) in [5.74, 6) is -0.792. The Morgan fingerprint density at radius 1 is 1.00 bits per heavy atom. The normalized spacial score (nSPS) is 13.9. The van der Waals surface area contributed by atoms with Crippen LogP contribution in [0.25, 0.3) is 11.3 Å². The number of benzene rings is 2. The molecule has 1 aliphatic heterocycles. The second-order valence-electron chi connectivity index (χ2n) is 8.68. The molecule has 0 aliphatic carbocycles. The van der Waals surface area contributed by atoms with Crippen molar-refractivity contribution in [1.82, 2.24) is 4.98 Å². The molecule has 2 amide bonds. The lowest BCUT2D eigenvalue weighted by molar-refractivity contribution is -0.286. The number of hydrogen-bond donors (Lipinski definition) is 3. The zero-order valence-electron chi connectivity index (χ0n) is 19.4. The molecule has 8 nitrogen and oxygen atoms in total. The van der Waals surface area contributed by atoms with E-state index in [0.29, 0.717) is 22.5 Å². The predicted octanol–water partition coefficient (Wildman–Crippen LogP) is 4.96. The quantitative estimate of drug-likeness (QED) is 0.443. The standard InChI is InChI=1S/C25H23F2N3O5/c1-13-5-10-21(29-22(13)17-12-16(28-14(2)31)7-8-18(17)32)30-23(33)24(3,4)15-6-9-19-20(11-15)35-25(26,27)34-19/h5-12,32H,1-4H3,(H,28,31)(H,29,30,33). The van der Waals surface area contributed by atoms with Crippen molar-refractivity contribution < 1.29 is 33.0 Å². The lowest BCUT2D eigenvalue weighted by Crippen LogP contribution is -2.35. The van der Waals surface area contributed by atoms with Crippen LogP contribution in [0, 0.1) is 6.92 Å². The average Bonchev–Trinajstić information content (AvgIpc) is 3.09. The van der Waals surface area contributed by atoms with Crippen LogP contribution in [0.2, 0.25) is 0 Å². The van der Waals surface area contributed by atoms with Crippen LogP contribution in [0.5, 0.6) is 17.2 Å². The van der Waals surface area contributed by atoms with Crippen LogP contribution in [0.4, 0.5) is 20.3 Å². The lowest BCUT2D eigenvalue weighted by Gasteiger charge is -2.24. The first kappa shape index (κ1) is 23.9. The molecule has 0 bridgehead atoms. The van der Waals surface area contributed by atoms with Crippen molar-refractivity contribution in [2.24, 2.45) is 0 Å². The fraction of sp³-hybridized carbons (Fsp3) is 0.240. The molecule has 0 saturated heterocycles. The van der Waals surface area contributed by atoms with Crippen LogP contribution in [-0.2, 0) is 15.0 Å². The Morgan fingerprint density at radius 2 is 1.71 bits per heavy atom. The van der Waals surface area contributed by atoms with E-state index in [1.54, 1.807) is 45.0 Å². The summed E-state index contributed by atoms with van der Waals surface area (Å²) in [7, 11) is 0. The van der Waals surface area contributed by atoms with E-state index in [0.717, 1.165) is 5.56 Å². The summed E-state index contributed by atoms with van der Waals surface area (Å²) < 4.78 is 35.6. The maximum Gasteiger partial charge on any atom is 0.586 e. The molecular formula is C25H23F2N3O5. The van der Waals surface area contributed by atoms with Crippen molar-refractivity contribution in [2.75, 3.05) is 10.6 Å². The van der Waals surface area contributed by atoms with Gasteiger partial charge in [0.1, 0.15) is 11.6 Å². The molecule has 10 heteroatoms. The molecule has 2 heterocycles. The van der Waals surface area contributed by atoms with E-state index in [2.05, 4.69) is 25.1 Å². The molecular weight excluding hydrogens is 460 g/mol. The Kier molecular flexibility index (Phi) is 5.84. The molecule has 3 aromatic rings. The van der Waals surface area contributed by atoms with Gasteiger partial charge in [-0.3, -0.25) is 9.59 Å². The number of nitrogens with one attached hydrogen (secondary N) is 2. The van der Waals surface area contributed by atoms with Crippen LogP contribution in [0.1, 0.15) is 31.9 Å². The number of anilines is 2. The third kappa shape index (κ3) is 4.86. The summed E-state index contributed by atoms with van der Waals surface area (Å²) in [4.78, 5) is 29.1. The Bertz CT molecular complexity index is 1340. The van der Waals surface area contributed by atoms with Crippen LogP contribution in [-0.4, -0.2) is 28.2 Å². The first-order chi connectivity index (χ1) is 16.4. The van der Waals surface area contributed by atoms with E-state index in [9.17, 15) is 23.5 Å². The van der Waals surface area contributed by atoms with Gasteiger partial charge in [0.15, 0.2) is 11.5 Å². The van der Waals surface area contributed by atoms with E-state index < -0.39 is 17.6 Å². The third-order valence-electron chi connectivity index (χ3n) is 5.60. The number of carbonyl (C=O) groups excluding carboxylic acids is 2. The largest absolute Gasteiger partial charge is 0.586 e. The molecule has 0 spiro atoms. The van der Waals surface area contributed by atoms with Gasteiger partial charge in [-0.2, -0.15) is 0 Å². The highest BCUT2D eigenvalue weighted by Crippen LogP contribution is 2.43. The van der Waals surface area contributed by atoms with Crippen LogP contribution in [0.15, 0.2) is 48.5 Å². The van der Waals surface area contributed by atoms with Crippen LogP contribution < -0.4 is 20.1 Å². The van der Waals surface area contributed by atoms with Crippen molar-refractivity contribution in [3.05, 3.63) is 59.7 Å². The number of carbonyl (C=O) groups is 2. The zero-order chi connectivity index (χ0) is 25.5. The van der Waals surface area contributed by atoms with Crippen molar-refractivity contribution >= 4 is 23.3 Å². The fourth-order valence-electron chi connectivity index (χ4n) is 3.62. The second kappa shape index (κ2) is 8.53. The van der Waals surface area contributed by atoms with E-state index in [1.807, 2.05) is 0 Å². The number of nitrogens with zero attached hydrogens (tertiary/aromatic N) is 1. The summed E-state index contributed by atoms with van der Waals surface area (Å²) in [5.41, 5.74) is 1.29. The molecule has 0 radical (unpaired) electrons. The number of alkyl halides is 2. The molecule has 1 aliphatic rings. The van der Waals surface area contributed by atoms with Gasteiger partial charge in [-0.15, -0.1) is 8.78 Å². The summed E-state index contributed by atoms with van der Waals surface area (Å²) >= 11 is 0. The number of pyridine rings is 1. The van der Waals surface area contributed by atoms with Crippen molar-refractivity contribution in [2.45, 2.75) is 39.4 Å². The number of hydrogen-bond acceptors (Lipinski definition) is 6. The van der Waals surface area contributed by atoms with Gasteiger partial charge in [0.05, 0.1) is 11.1 Å². The lowest BCUT2D eigenvalue weighted by atomic mass is 9.83. The number of ether oxygens (including phenoxy) is 2. The number of phenols is 1. The highest BCUT2D eigenvalue weighted by Gasteiger charge is 2.44. The van der Waals surface area contributed by atoms with Gasteiger partial charge in [0.2, 0.25) is 11.8 Å². The smallest absolute Gasteiger partial charge is 0.507 e. The average molecular weight is 483 g/mol. The number of aromatic hydroxyl groups is 1. The van der Waals surface area contributed by atoms with Gasteiger partial charge in [0, 0.05) is 18.2 Å². The monoisotopic (exact) mass is 483 g/mol. The summed E-state index contributed by atoms with van der Waals surface area (Å²) in [6.07, 6.45) is -3.75. The second-order valence-corrected chi connectivity index (χ2v) is 8.68. The van der Waals surface area contributed by atoms with Crippen molar-refractivity contribution in [3.63, 3.8) is 0 Å². The summed E-state index contributed by atoms with van der Waals surface area (Å²) in [6.45, 7) is 6.44. The van der Waals surface area contributed by atoms with E-state index in [-0.39, 0.29) is 29.0 Å². The molecule has 35 heavy (non-hydrogen) atoms. The number of phenolic OH excluding ortho intramolecular Hbond substituents is 1. The van der Waals surface area contributed by atoms with E-state index in [1.165, 1.54) is 31.2 Å². The SMILES string of the molecule is CC(=O)Nc1ccc(O)c(-c2nc(NC(=O)C(C)(C)c3ccc4c(c3)OC(F)(F)O4)ccc2C)c1. The molecule has 4 rings (SSSR count). The molecule has 182 valence electrons. The van der Waals surface area contributed by atoms with Gasteiger partial charge >= 0.3 is 6.29 Å². The maximum absolute atomic E-state index is 13.4. The van der Waals surface area contributed by atoms with Gasteiger partial charge in [-0.1, -0.05) is 12.1 Å². The van der Waals surface area contributed by atoms with Gasteiger partial charge in [-0.05, 0) is 68.3 Å². The molecule has 1 aromatic heterocycles. The highest BCUT2D eigenvalue weighted by atomic mass is 19.3. The minimum Gasteiger partial charge on any atom is -0.507 e. The molecule has 0 fully saturated rings. The molecule has 0 unspecified atom stereocenters. The first-order valence-corrected chi connectivity index (χ1v) is 10.7. The number of rotatable bonds is 5. The van der Waals surface area contributed by atoms with Gasteiger partial charge in [-0.25, -0.2) is 4.98 Å². The van der Waals surface area contributed by atoms with Crippen molar-refractivity contribution in [3.8, 4) is 28.5 Å². The van der Waals surface area contributed by atoms with E-state index in [4.69, 9.17) is 0 Å². The highest BCUT2D eigenvalue weighted by molar-refractivity contribution is 5.98. The van der Waals surface area contributed by atoms with E-state index >= 15 is 0 Å². The molecule has 0 saturated carbocycles. The Hall–Kier alpha value is -4.21. The topological polar surface area (TPSA) is 110 Å². The molecule has 3 N–H and O–H groups in total. The number of halogens is 2. The van der Waals surface area contributed by atoms with Crippen molar-refractivity contribution in [1.29, 1.82) is 0 Å². The summed E-state index contributed by atoms with van der Waals surface area (Å²) in [5, 5.41) is 15.8. The zero-order valence-corrected chi connectivity index (χ0v) is 19.4. The van der Waals surface area contributed by atoms with Crippen LogP contribution in [0.3, 0.4) is 0 Å². The fourth-order valence-corrected chi connectivity index (χ4v) is 3.62. The summed E-state index contributed by atoms with van der Waals surface area (Å²) in [6, 6.07) is 12.1. The van der Waals surface area contributed by atoms with Crippen LogP contribution >= 0.6 is 0 Å². The number of fused-ring (bicyclic) bond motifs is 1. The molecule has 0 atom stereocenters. The Morgan fingerprint density at radius 3 is 2.43 bits per heavy atom. The first-order valence-electron chi connectivity index (χ1n) is 10.7. The van der Waals surface area contributed by atoms with Gasteiger partial charge in [0.25, 0.3) is 0 Å². The Labute approximate surface area is 199 Å². The minimum absolute atomic E-state index is 0.0457. The number of amides is 2. The Balaban J connectivity index is 1.61. The predicted molar refractivity (Wildman–Crippen MR) is 125 cm³/mol. The number of aromatic nitrogens is 1. The number of aryl methyl sites for hydroxylation is 1. The van der Waals surface area contributed by atoms with Gasteiger partial charge < -0.3 is 25.2 Å². The minimum atomic E-state index is -3.75.